The SMILES string of the molecule is C.Nc1ccc(S(=O)(=O)Nc2ccc(S(=O)(=O)O)cc2)cc1C(F)(F)F. The van der Waals surface area contributed by atoms with Crippen molar-refractivity contribution < 1.29 is 34.6 Å². The maximum atomic E-state index is 12.8. The van der Waals surface area contributed by atoms with Crippen molar-refractivity contribution in [3.05, 3.63) is 48.0 Å². The van der Waals surface area contributed by atoms with Crippen LogP contribution < -0.4 is 10.5 Å². The van der Waals surface area contributed by atoms with Gasteiger partial charge in [0.25, 0.3) is 20.1 Å². The molecule has 4 N–H and O–H groups in total. The molecule has 0 fully saturated rings. The van der Waals surface area contributed by atoms with Gasteiger partial charge in [-0.05, 0) is 42.5 Å². The van der Waals surface area contributed by atoms with Crippen LogP contribution in [0.25, 0.3) is 0 Å². The molecule has 0 atom stereocenters. The minimum atomic E-state index is -4.83. The van der Waals surface area contributed by atoms with Crippen LogP contribution in [-0.4, -0.2) is 21.4 Å². The van der Waals surface area contributed by atoms with Gasteiger partial charge in [-0.25, -0.2) is 8.42 Å². The molecular formula is C14H15F3N2O5S2. The van der Waals surface area contributed by atoms with Crippen molar-refractivity contribution in [1.29, 1.82) is 0 Å². The highest BCUT2D eigenvalue weighted by Gasteiger charge is 2.34. The molecule has 0 heterocycles. The molecule has 0 aliphatic rings. The minimum absolute atomic E-state index is 0. The highest BCUT2D eigenvalue weighted by Crippen LogP contribution is 2.35. The third-order valence-electron chi connectivity index (χ3n) is 3.04. The number of alkyl halides is 3. The zero-order valence-corrected chi connectivity index (χ0v) is 13.8. The van der Waals surface area contributed by atoms with E-state index in [9.17, 15) is 30.0 Å². The van der Waals surface area contributed by atoms with Crippen LogP contribution in [0.15, 0.2) is 52.3 Å². The zero-order chi connectivity index (χ0) is 19.0. The first-order chi connectivity index (χ1) is 11.3. The summed E-state index contributed by atoms with van der Waals surface area (Å²) < 4.78 is 95.5. The van der Waals surface area contributed by atoms with Gasteiger partial charge in [0.05, 0.1) is 15.4 Å². The molecule has 0 spiro atoms. The Hall–Kier alpha value is -2.31. The molecule has 0 radical (unpaired) electrons. The molecule has 0 aromatic heterocycles. The summed E-state index contributed by atoms with van der Waals surface area (Å²) in [4.78, 5) is -1.14. The molecule has 2 aromatic rings. The summed E-state index contributed by atoms with van der Waals surface area (Å²) in [5, 5.41) is 0. The van der Waals surface area contributed by atoms with E-state index in [-0.39, 0.29) is 13.1 Å². The molecule has 0 saturated carbocycles. The number of hydrogen-bond donors (Lipinski definition) is 3. The number of hydrogen-bond acceptors (Lipinski definition) is 5. The summed E-state index contributed by atoms with van der Waals surface area (Å²) in [6.45, 7) is 0. The van der Waals surface area contributed by atoms with Crippen LogP contribution in [0.2, 0.25) is 0 Å². The maximum absolute atomic E-state index is 12.8. The monoisotopic (exact) mass is 412 g/mol. The summed E-state index contributed by atoms with van der Waals surface area (Å²) >= 11 is 0. The topological polar surface area (TPSA) is 127 Å². The van der Waals surface area contributed by atoms with Gasteiger partial charge in [-0.2, -0.15) is 21.6 Å². The van der Waals surface area contributed by atoms with E-state index in [1.807, 2.05) is 4.72 Å². The smallest absolute Gasteiger partial charge is 0.398 e. The minimum Gasteiger partial charge on any atom is -0.398 e. The molecule has 144 valence electrons. The number of rotatable bonds is 4. The highest BCUT2D eigenvalue weighted by atomic mass is 32.2. The second-order valence-electron chi connectivity index (χ2n) is 4.85. The lowest BCUT2D eigenvalue weighted by atomic mass is 10.2. The molecule has 2 aromatic carbocycles. The van der Waals surface area contributed by atoms with Gasteiger partial charge < -0.3 is 5.73 Å². The quantitative estimate of drug-likeness (QED) is 0.523. The average Bonchev–Trinajstić information content (AvgIpc) is 2.45. The Morgan fingerprint density at radius 3 is 1.88 bits per heavy atom. The van der Waals surface area contributed by atoms with E-state index in [2.05, 4.69) is 0 Å². The molecule has 7 nitrogen and oxygen atoms in total. The fourth-order valence-corrected chi connectivity index (χ4v) is 3.42. The standard InChI is InChI=1S/C13H11F3N2O5S2.CH4/c14-13(15,16)11-7-10(5-6-12(11)17)24(19,20)18-8-1-3-9(4-2-8)25(21,22)23;/h1-7,18H,17H2,(H,21,22,23);1H4. The number of halogens is 3. The van der Waals surface area contributed by atoms with Gasteiger partial charge in [-0.3, -0.25) is 9.27 Å². The summed E-state index contributed by atoms with van der Waals surface area (Å²) in [5.41, 5.74) is 3.18. The molecule has 2 rings (SSSR count). The average molecular weight is 412 g/mol. The third kappa shape index (κ3) is 4.86. The Morgan fingerprint density at radius 1 is 0.923 bits per heavy atom. The van der Waals surface area contributed by atoms with Crippen LogP contribution in [0.4, 0.5) is 24.5 Å². The van der Waals surface area contributed by atoms with Crippen LogP contribution in [0.3, 0.4) is 0 Å². The largest absolute Gasteiger partial charge is 0.418 e. The summed E-state index contributed by atoms with van der Waals surface area (Å²) in [7, 11) is -8.84. The van der Waals surface area contributed by atoms with Crippen LogP contribution >= 0.6 is 0 Å². The maximum Gasteiger partial charge on any atom is 0.418 e. The van der Waals surface area contributed by atoms with Gasteiger partial charge in [0.15, 0.2) is 0 Å². The van der Waals surface area contributed by atoms with E-state index in [4.69, 9.17) is 10.3 Å². The Morgan fingerprint density at radius 2 is 1.42 bits per heavy atom. The van der Waals surface area contributed by atoms with Crippen molar-refractivity contribution in [3.63, 3.8) is 0 Å². The van der Waals surface area contributed by atoms with Crippen LogP contribution in [0.1, 0.15) is 13.0 Å². The first kappa shape index (κ1) is 21.7. The number of nitrogen functional groups attached to an aromatic ring is 1. The van der Waals surface area contributed by atoms with E-state index in [0.29, 0.717) is 6.07 Å². The molecule has 12 heteroatoms. The zero-order valence-electron chi connectivity index (χ0n) is 12.1. The second-order valence-corrected chi connectivity index (χ2v) is 7.96. The van der Waals surface area contributed by atoms with Crippen LogP contribution in [-0.2, 0) is 26.3 Å². The molecule has 0 amide bonds. The van der Waals surface area contributed by atoms with Crippen LogP contribution in [0.5, 0.6) is 0 Å². The first-order valence-corrected chi connectivity index (χ1v) is 9.30. The first-order valence-electron chi connectivity index (χ1n) is 6.38. The molecule has 26 heavy (non-hydrogen) atoms. The van der Waals surface area contributed by atoms with Crippen molar-refractivity contribution in [2.45, 2.75) is 23.4 Å². The fraction of sp³-hybridized carbons (Fsp3) is 0.143. The summed E-state index contributed by atoms with van der Waals surface area (Å²) in [6.07, 6.45) is -4.83. The lowest BCUT2D eigenvalue weighted by molar-refractivity contribution is -0.137. The predicted molar refractivity (Wildman–Crippen MR) is 89.7 cm³/mol. The van der Waals surface area contributed by atoms with Gasteiger partial charge in [-0.15, -0.1) is 0 Å². The van der Waals surface area contributed by atoms with Crippen molar-refractivity contribution in [2.24, 2.45) is 0 Å². The van der Waals surface area contributed by atoms with Gasteiger partial charge >= 0.3 is 6.18 Å². The number of sulfonamides is 1. The number of nitrogens with one attached hydrogen (secondary N) is 1. The Balaban J connectivity index is 0.00000338. The molecular weight excluding hydrogens is 397 g/mol. The Kier molecular flexibility index (Phi) is 5.96. The van der Waals surface area contributed by atoms with Crippen molar-refractivity contribution in [3.8, 4) is 0 Å². The lowest BCUT2D eigenvalue weighted by Gasteiger charge is -2.13. The lowest BCUT2D eigenvalue weighted by Crippen LogP contribution is -2.16. The van der Waals surface area contributed by atoms with E-state index >= 15 is 0 Å². The Bertz CT molecular complexity index is 1000. The third-order valence-corrected chi connectivity index (χ3v) is 5.29. The van der Waals surface area contributed by atoms with Crippen molar-refractivity contribution in [2.75, 3.05) is 10.5 Å². The molecule has 0 aliphatic carbocycles. The van der Waals surface area contributed by atoms with Crippen LogP contribution in [0, 0.1) is 0 Å². The van der Waals surface area contributed by atoms with E-state index in [0.717, 1.165) is 36.4 Å². The number of anilines is 2. The second kappa shape index (κ2) is 7.13. The predicted octanol–water partition coefficient (Wildman–Crippen LogP) is 2.97. The summed E-state index contributed by atoms with van der Waals surface area (Å²) in [5.74, 6) is 0. The highest BCUT2D eigenvalue weighted by molar-refractivity contribution is 7.92. The molecule has 0 bridgehead atoms. The van der Waals surface area contributed by atoms with E-state index < -0.39 is 47.4 Å². The normalized spacial score (nSPS) is 12.3. The summed E-state index contributed by atoms with van der Waals surface area (Å²) in [6, 6.07) is 6.03. The van der Waals surface area contributed by atoms with E-state index in [1.54, 1.807) is 0 Å². The van der Waals surface area contributed by atoms with Crippen molar-refractivity contribution >= 4 is 31.5 Å². The van der Waals surface area contributed by atoms with Gasteiger partial charge in [0.1, 0.15) is 0 Å². The van der Waals surface area contributed by atoms with Crippen molar-refractivity contribution in [1.82, 2.24) is 0 Å². The van der Waals surface area contributed by atoms with Gasteiger partial charge in [0.2, 0.25) is 0 Å². The number of benzene rings is 2. The molecule has 0 unspecified atom stereocenters. The van der Waals surface area contributed by atoms with Gasteiger partial charge in [-0.1, -0.05) is 7.43 Å². The molecule has 0 aliphatic heterocycles. The van der Waals surface area contributed by atoms with Gasteiger partial charge in [0, 0.05) is 11.4 Å². The Labute approximate surface area is 148 Å². The number of nitrogens with two attached hydrogens (primary N) is 1. The van der Waals surface area contributed by atoms with E-state index in [1.165, 1.54) is 0 Å². The molecule has 0 saturated heterocycles. The fourth-order valence-electron chi connectivity index (χ4n) is 1.86.